The minimum Gasteiger partial charge on any atom is -0.356 e. The summed E-state index contributed by atoms with van der Waals surface area (Å²) in [5, 5.41) is 6.36. The van der Waals surface area contributed by atoms with Crippen molar-refractivity contribution in [1.29, 1.82) is 0 Å². The monoisotopic (exact) mass is 395 g/mol. The second-order valence-electron chi connectivity index (χ2n) is 6.63. The number of amides is 1. The normalized spacial score (nSPS) is 15.9. The zero-order chi connectivity index (χ0) is 15.8. The van der Waals surface area contributed by atoms with Gasteiger partial charge in [-0.15, -0.1) is 36.2 Å². The molecule has 1 aromatic rings. The highest BCUT2D eigenvalue weighted by Gasteiger charge is 2.32. The van der Waals surface area contributed by atoms with Crippen molar-refractivity contribution in [1.82, 2.24) is 10.3 Å². The number of hydrogen-bond acceptors (Lipinski definition) is 4. The Hall–Kier alpha value is -0.360. The molecule has 0 atom stereocenters. The van der Waals surface area contributed by atoms with Gasteiger partial charge in [0.25, 0.3) is 0 Å². The van der Waals surface area contributed by atoms with E-state index < -0.39 is 0 Å². The molecule has 0 bridgehead atoms. The van der Waals surface area contributed by atoms with Gasteiger partial charge in [-0.3, -0.25) is 4.79 Å². The molecule has 0 aromatic carbocycles. The number of aryl methyl sites for hydroxylation is 2. The number of nitrogens with one attached hydrogen (secondary N) is 1. The number of carbonyl (C=O) groups excluding carboxylic acids is 1. The number of rotatable bonds is 8. The molecule has 3 N–H and O–H groups in total. The van der Waals surface area contributed by atoms with Gasteiger partial charge in [-0.05, 0) is 51.0 Å². The number of unbranched alkanes of at least 4 members (excludes halogenated alkanes) is 1. The van der Waals surface area contributed by atoms with E-state index in [2.05, 4.69) is 15.7 Å². The lowest BCUT2D eigenvalue weighted by Gasteiger charge is -2.35. The van der Waals surface area contributed by atoms with Crippen molar-refractivity contribution in [2.45, 2.75) is 64.7 Å². The molecular weight excluding hydrogens is 365 g/mol. The van der Waals surface area contributed by atoms with Crippen LogP contribution in [0.2, 0.25) is 0 Å². The van der Waals surface area contributed by atoms with E-state index in [1.165, 1.54) is 24.3 Å². The first-order valence-corrected chi connectivity index (χ1v) is 9.39. The van der Waals surface area contributed by atoms with Crippen molar-refractivity contribution in [3.63, 3.8) is 0 Å². The Bertz CT molecular complexity index is 476. The predicted molar refractivity (Wildman–Crippen MR) is 106 cm³/mol. The molecule has 1 fully saturated rings. The molecule has 24 heavy (non-hydrogen) atoms. The summed E-state index contributed by atoms with van der Waals surface area (Å²) in [4.78, 5) is 16.6. The first kappa shape index (κ1) is 23.6. The predicted octanol–water partition coefficient (Wildman–Crippen LogP) is 4.03. The van der Waals surface area contributed by atoms with Crippen LogP contribution in [0.25, 0.3) is 0 Å². The molecule has 2 rings (SSSR count). The van der Waals surface area contributed by atoms with Crippen LogP contribution < -0.4 is 11.1 Å². The fourth-order valence-electron chi connectivity index (χ4n) is 3.30. The molecule has 0 aliphatic heterocycles. The zero-order valence-corrected chi connectivity index (χ0v) is 17.0. The average Bonchev–Trinajstić information content (AvgIpc) is 2.93. The summed E-state index contributed by atoms with van der Waals surface area (Å²) in [5.41, 5.74) is 7.12. The molecule has 0 radical (unpaired) electrons. The summed E-state index contributed by atoms with van der Waals surface area (Å²) in [6.07, 6.45) is 9.67. The van der Waals surface area contributed by atoms with E-state index in [4.69, 9.17) is 5.73 Å². The van der Waals surface area contributed by atoms with Crippen molar-refractivity contribution < 1.29 is 4.79 Å². The Morgan fingerprint density at radius 3 is 2.58 bits per heavy atom. The summed E-state index contributed by atoms with van der Waals surface area (Å²) in [7, 11) is 0. The number of nitrogens with two attached hydrogens (primary N) is 1. The van der Waals surface area contributed by atoms with E-state index in [0.29, 0.717) is 13.0 Å². The van der Waals surface area contributed by atoms with Crippen molar-refractivity contribution in [3.05, 3.63) is 16.1 Å². The number of halogens is 2. The van der Waals surface area contributed by atoms with E-state index in [-0.39, 0.29) is 36.1 Å². The molecule has 7 heteroatoms. The third kappa shape index (κ3) is 7.68. The number of nitrogens with zero attached hydrogens (tertiary/aromatic N) is 1. The molecule has 1 aliphatic carbocycles. The van der Waals surface area contributed by atoms with E-state index in [1.54, 1.807) is 11.3 Å². The van der Waals surface area contributed by atoms with Crippen molar-refractivity contribution in [3.8, 4) is 0 Å². The molecule has 0 spiro atoms. The van der Waals surface area contributed by atoms with Crippen LogP contribution in [0.5, 0.6) is 0 Å². The van der Waals surface area contributed by atoms with Gasteiger partial charge in [-0.1, -0.05) is 19.3 Å². The van der Waals surface area contributed by atoms with Crippen LogP contribution in [-0.2, 0) is 11.2 Å². The van der Waals surface area contributed by atoms with Crippen LogP contribution in [0.1, 0.15) is 62.1 Å². The number of hydrogen-bond donors (Lipinski definition) is 2. The second kappa shape index (κ2) is 12.1. The lowest BCUT2D eigenvalue weighted by molar-refractivity contribution is -0.123. The van der Waals surface area contributed by atoms with Crippen molar-refractivity contribution >= 4 is 42.1 Å². The Morgan fingerprint density at radius 2 is 2.00 bits per heavy atom. The number of aromatic nitrogens is 1. The van der Waals surface area contributed by atoms with Gasteiger partial charge in [0.1, 0.15) is 0 Å². The smallest absolute Gasteiger partial charge is 0.220 e. The largest absolute Gasteiger partial charge is 0.356 e. The fourth-order valence-corrected chi connectivity index (χ4v) is 4.12. The summed E-state index contributed by atoms with van der Waals surface area (Å²) in [5.74, 6) is 0.178. The maximum Gasteiger partial charge on any atom is 0.220 e. The zero-order valence-electron chi connectivity index (χ0n) is 14.5. The van der Waals surface area contributed by atoms with E-state index in [9.17, 15) is 4.79 Å². The van der Waals surface area contributed by atoms with Crippen LogP contribution in [0.3, 0.4) is 0 Å². The highest BCUT2D eigenvalue weighted by molar-refractivity contribution is 7.09. The summed E-state index contributed by atoms with van der Waals surface area (Å²) in [6.45, 7) is 3.44. The maximum atomic E-state index is 12.1. The van der Waals surface area contributed by atoms with E-state index in [1.807, 2.05) is 6.92 Å². The highest BCUT2D eigenvalue weighted by Crippen LogP contribution is 2.38. The molecule has 1 aliphatic rings. The minimum atomic E-state index is 0. The van der Waals surface area contributed by atoms with Gasteiger partial charge in [0.2, 0.25) is 5.91 Å². The Kier molecular flexibility index (Phi) is 11.9. The Balaban J connectivity index is 0.00000264. The van der Waals surface area contributed by atoms with Gasteiger partial charge in [-0.2, -0.15) is 0 Å². The topological polar surface area (TPSA) is 68.0 Å². The van der Waals surface area contributed by atoms with E-state index >= 15 is 0 Å². The SMILES string of the molecule is Cc1csc(CCCCNC(=O)CC2(CN)CCCCC2)n1.Cl.Cl. The molecule has 4 nitrogen and oxygen atoms in total. The van der Waals surface area contributed by atoms with Crippen molar-refractivity contribution in [2.75, 3.05) is 13.1 Å². The molecule has 140 valence electrons. The molecular formula is C17H31Cl2N3OS. The third-order valence-corrected chi connectivity index (χ3v) is 5.72. The summed E-state index contributed by atoms with van der Waals surface area (Å²) < 4.78 is 0. The molecule has 1 heterocycles. The minimum absolute atomic E-state index is 0. The van der Waals surface area contributed by atoms with Gasteiger partial charge in [0.15, 0.2) is 0 Å². The number of carbonyl (C=O) groups is 1. The standard InChI is InChI=1S/C17H29N3OS.2ClH/c1-14-12-22-16(20-14)7-3-6-10-19-15(21)11-17(13-18)8-4-2-5-9-17;;/h12H,2-11,13,18H2,1H3,(H,19,21);2*1H. The molecule has 1 saturated carbocycles. The third-order valence-electron chi connectivity index (χ3n) is 4.69. The summed E-state index contributed by atoms with van der Waals surface area (Å²) in [6, 6.07) is 0. The Labute approximate surface area is 162 Å². The quantitative estimate of drug-likeness (QED) is 0.652. The summed E-state index contributed by atoms with van der Waals surface area (Å²) >= 11 is 1.73. The van der Waals surface area contributed by atoms with Gasteiger partial charge in [-0.25, -0.2) is 4.98 Å². The van der Waals surface area contributed by atoms with Crippen LogP contribution >= 0.6 is 36.2 Å². The van der Waals surface area contributed by atoms with Crippen LogP contribution in [0, 0.1) is 12.3 Å². The van der Waals surface area contributed by atoms with E-state index in [0.717, 1.165) is 44.3 Å². The van der Waals surface area contributed by atoms with Crippen LogP contribution in [0.4, 0.5) is 0 Å². The maximum absolute atomic E-state index is 12.1. The van der Waals surface area contributed by atoms with Crippen molar-refractivity contribution in [2.24, 2.45) is 11.1 Å². The average molecular weight is 396 g/mol. The van der Waals surface area contributed by atoms with Crippen LogP contribution in [0.15, 0.2) is 5.38 Å². The lowest BCUT2D eigenvalue weighted by atomic mass is 9.71. The molecule has 1 amide bonds. The second-order valence-corrected chi connectivity index (χ2v) is 7.57. The highest BCUT2D eigenvalue weighted by atomic mass is 35.5. The van der Waals surface area contributed by atoms with Gasteiger partial charge in [0, 0.05) is 24.0 Å². The molecule has 0 saturated heterocycles. The Morgan fingerprint density at radius 1 is 1.29 bits per heavy atom. The lowest BCUT2D eigenvalue weighted by Crippen LogP contribution is -2.38. The van der Waals surface area contributed by atoms with Gasteiger partial charge >= 0.3 is 0 Å². The van der Waals surface area contributed by atoms with Gasteiger partial charge < -0.3 is 11.1 Å². The van der Waals surface area contributed by atoms with Gasteiger partial charge in [0.05, 0.1) is 5.01 Å². The first-order valence-electron chi connectivity index (χ1n) is 8.51. The number of thiazole rings is 1. The molecule has 1 aromatic heterocycles. The first-order chi connectivity index (χ1) is 10.6. The van der Waals surface area contributed by atoms with Crippen LogP contribution in [-0.4, -0.2) is 24.0 Å². The molecule has 0 unspecified atom stereocenters. The fraction of sp³-hybridized carbons (Fsp3) is 0.765.